The van der Waals surface area contributed by atoms with Crippen molar-refractivity contribution in [3.63, 3.8) is 0 Å². The first-order valence-corrected chi connectivity index (χ1v) is 6.72. The van der Waals surface area contributed by atoms with Gasteiger partial charge in [0.2, 0.25) is 0 Å². The van der Waals surface area contributed by atoms with Crippen molar-refractivity contribution in [3.8, 4) is 0 Å². The van der Waals surface area contributed by atoms with Gasteiger partial charge in [-0.25, -0.2) is 4.79 Å². The number of carbonyl (C=O) groups is 2. The van der Waals surface area contributed by atoms with Crippen molar-refractivity contribution >= 4 is 12.0 Å². The van der Waals surface area contributed by atoms with Gasteiger partial charge in [0.05, 0.1) is 13.2 Å². The molecule has 0 aromatic heterocycles. The first-order valence-electron chi connectivity index (χ1n) is 6.72. The van der Waals surface area contributed by atoms with E-state index in [1.165, 1.54) is 0 Å². The molecule has 1 rings (SSSR count). The van der Waals surface area contributed by atoms with Crippen LogP contribution in [0.2, 0.25) is 0 Å². The van der Waals surface area contributed by atoms with E-state index in [9.17, 15) is 9.59 Å². The Morgan fingerprint density at radius 1 is 1.11 bits per heavy atom. The van der Waals surface area contributed by atoms with E-state index in [1.54, 1.807) is 0 Å². The number of hydrogen-bond donors (Lipinski definition) is 3. The Kier molecular flexibility index (Phi) is 7.92. The average Bonchev–Trinajstić information content (AvgIpc) is 2.41. The molecule has 1 saturated heterocycles. The van der Waals surface area contributed by atoms with Gasteiger partial charge in [0, 0.05) is 32.6 Å². The Hall–Kier alpha value is -1.34. The fourth-order valence-corrected chi connectivity index (χ4v) is 1.83. The van der Waals surface area contributed by atoms with E-state index >= 15 is 0 Å². The number of hydrogen-bond acceptors (Lipinski definition) is 4. The van der Waals surface area contributed by atoms with Gasteiger partial charge in [-0.2, -0.15) is 0 Å². The smallest absolute Gasteiger partial charge is 0.314 e. The van der Waals surface area contributed by atoms with Gasteiger partial charge in [-0.05, 0) is 19.4 Å². The fraction of sp³-hybridized carbons (Fsp3) is 0.833. The molecule has 2 amide bonds. The highest BCUT2D eigenvalue weighted by atomic mass is 16.5. The molecule has 7 heteroatoms. The molecule has 110 valence electrons. The van der Waals surface area contributed by atoms with Crippen LogP contribution in [0, 0.1) is 0 Å². The van der Waals surface area contributed by atoms with Crippen molar-refractivity contribution in [2.45, 2.75) is 19.3 Å². The van der Waals surface area contributed by atoms with E-state index in [0.29, 0.717) is 19.5 Å². The Morgan fingerprint density at radius 3 is 2.37 bits per heavy atom. The molecule has 1 fully saturated rings. The summed E-state index contributed by atoms with van der Waals surface area (Å²) < 4.78 is 5.25. The van der Waals surface area contributed by atoms with Crippen LogP contribution >= 0.6 is 0 Å². The van der Waals surface area contributed by atoms with Crippen molar-refractivity contribution in [3.05, 3.63) is 0 Å². The summed E-state index contributed by atoms with van der Waals surface area (Å²) >= 11 is 0. The molecule has 19 heavy (non-hydrogen) atoms. The number of ether oxygens (including phenoxy) is 1. The van der Waals surface area contributed by atoms with E-state index in [0.717, 1.165) is 39.3 Å². The minimum Gasteiger partial charge on any atom is -0.481 e. The van der Waals surface area contributed by atoms with Crippen LogP contribution in [0.3, 0.4) is 0 Å². The lowest BCUT2D eigenvalue weighted by molar-refractivity contribution is -0.137. The normalized spacial score (nSPS) is 16.0. The van der Waals surface area contributed by atoms with Gasteiger partial charge in [-0.15, -0.1) is 0 Å². The van der Waals surface area contributed by atoms with Crippen molar-refractivity contribution in [2.24, 2.45) is 0 Å². The molecule has 1 aliphatic heterocycles. The van der Waals surface area contributed by atoms with Gasteiger partial charge in [0.25, 0.3) is 0 Å². The molecule has 0 spiro atoms. The average molecular weight is 273 g/mol. The number of carbonyl (C=O) groups excluding carboxylic acids is 1. The number of amides is 2. The van der Waals surface area contributed by atoms with Crippen molar-refractivity contribution < 1.29 is 19.4 Å². The monoisotopic (exact) mass is 273 g/mol. The lowest BCUT2D eigenvalue weighted by atomic mass is 10.3. The summed E-state index contributed by atoms with van der Waals surface area (Å²) in [6.45, 7) is 5.48. The highest BCUT2D eigenvalue weighted by Gasteiger charge is 2.09. The van der Waals surface area contributed by atoms with Crippen LogP contribution in [0.15, 0.2) is 0 Å². The van der Waals surface area contributed by atoms with Gasteiger partial charge in [-0.1, -0.05) is 0 Å². The standard InChI is InChI=1S/C12H23N3O4/c16-11(17)3-1-4-13-12(18)14-5-2-6-15-7-9-19-10-8-15/h1-10H2,(H,16,17)(H2,13,14,18). The highest BCUT2D eigenvalue weighted by Crippen LogP contribution is 1.97. The summed E-state index contributed by atoms with van der Waals surface area (Å²) in [4.78, 5) is 23.9. The molecular weight excluding hydrogens is 250 g/mol. The molecule has 0 aromatic carbocycles. The number of carboxylic acids is 1. The zero-order chi connectivity index (χ0) is 13.9. The second kappa shape index (κ2) is 9.57. The quantitative estimate of drug-likeness (QED) is 0.536. The highest BCUT2D eigenvalue weighted by molar-refractivity contribution is 5.73. The van der Waals surface area contributed by atoms with Crippen LogP contribution in [0.1, 0.15) is 19.3 Å². The van der Waals surface area contributed by atoms with Gasteiger partial charge in [0.1, 0.15) is 0 Å². The van der Waals surface area contributed by atoms with Crippen LogP contribution in [-0.4, -0.2) is 67.9 Å². The number of carboxylic acid groups (broad SMARTS) is 1. The zero-order valence-electron chi connectivity index (χ0n) is 11.2. The van der Waals surface area contributed by atoms with Gasteiger partial charge >= 0.3 is 12.0 Å². The molecular formula is C12H23N3O4. The number of nitrogens with one attached hydrogen (secondary N) is 2. The number of rotatable bonds is 8. The Morgan fingerprint density at radius 2 is 1.74 bits per heavy atom. The maximum absolute atomic E-state index is 11.3. The minimum atomic E-state index is -0.840. The number of nitrogens with zero attached hydrogens (tertiary/aromatic N) is 1. The second-order valence-electron chi connectivity index (χ2n) is 4.49. The van der Waals surface area contributed by atoms with Crippen molar-refractivity contribution in [1.29, 1.82) is 0 Å². The van der Waals surface area contributed by atoms with E-state index in [-0.39, 0.29) is 12.5 Å². The molecule has 1 aliphatic rings. The lowest BCUT2D eigenvalue weighted by Gasteiger charge is -2.26. The molecule has 0 aromatic rings. The molecule has 1 heterocycles. The van der Waals surface area contributed by atoms with Crippen LogP contribution in [0.4, 0.5) is 4.79 Å². The lowest BCUT2D eigenvalue weighted by Crippen LogP contribution is -2.40. The third-order valence-corrected chi connectivity index (χ3v) is 2.89. The van der Waals surface area contributed by atoms with Gasteiger partial charge < -0.3 is 20.5 Å². The van der Waals surface area contributed by atoms with Crippen LogP contribution in [-0.2, 0) is 9.53 Å². The third-order valence-electron chi connectivity index (χ3n) is 2.89. The maximum atomic E-state index is 11.3. The van der Waals surface area contributed by atoms with E-state index < -0.39 is 5.97 Å². The summed E-state index contributed by atoms with van der Waals surface area (Å²) in [5.41, 5.74) is 0. The zero-order valence-corrected chi connectivity index (χ0v) is 11.2. The Balaban J connectivity index is 1.90. The molecule has 0 bridgehead atoms. The summed E-state index contributed by atoms with van der Waals surface area (Å²) in [5.74, 6) is -0.840. The summed E-state index contributed by atoms with van der Waals surface area (Å²) in [6.07, 6.45) is 1.44. The maximum Gasteiger partial charge on any atom is 0.314 e. The molecule has 0 aliphatic carbocycles. The van der Waals surface area contributed by atoms with Crippen molar-refractivity contribution in [1.82, 2.24) is 15.5 Å². The van der Waals surface area contributed by atoms with E-state index in [1.807, 2.05) is 0 Å². The molecule has 0 unspecified atom stereocenters. The Bertz CT molecular complexity index is 280. The molecule has 0 atom stereocenters. The number of morpholine rings is 1. The first-order chi connectivity index (χ1) is 9.18. The van der Waals surface area contributed by atoms with Crippen LogP contribution in [0.25, 0.3) is 0 Å². The molecule has 3 N–H and O–H groups in total. The van der Waals surface area contributed by atoms with Crippen LogP contribution < -0.4 is 10.6 Å². The summed E-state index contributed by atoms with van der Waals surface area (Å²) in [7, 11) is 0. The topological polar surface area (TPSA) is 90.9 Å². The minimum absolute atomic E-state index is 0.0807. The number of urea groups is 1. The molecule has 7 nitrogen and oxygen atoms in total. The number of aliphatic carboxylic acids is 1. The summed E-state index contributed by atoms with van der Waals surface area (Å²) in [6, 6.07) is -0.229. The van der Waals surface area contributed by atoms with E-state index in [4.69, 9.17) is 9.84 Å². The third kappa shape index (κ3) is 8.39. The molecule has 0 radical (unpaired) electrons. The van der Waals surface area contributed by atoms with Crippen LogP contribution in [0.5, 0.6) is 0 Å². The first kappa shape index (κ1) is 15.7. The largest absolute Gasteiger partial charge is 0.481 e. The van der Waals surface area contributed by atoms with Gasteiger partial charge in [-0.3, -0.25) is 9.69 Å². The predicted octanol–water partition coefficient (Wildman–Crippen LogP) is -0.127. The Labute approximate surface area is 113 Å². The molecule has 0 saturated carbocycles. The van der Waals surface area contributed by atoms with E-state index in [2.05, 4.69) is 15.5 Å². The second-order valence-corrected chi connectivity index (χ2v) is 4.49. The summed E-state index contributed by atoms with van der Waals surface area (Å²) in [5, 5.41) is 13.8. The van der Waals surface area contributed by atoms with Gasteiger partial charge in [0.15, 0.2) is 0 Å². The fourth-order valence-electron chi connectivity index (χ4n) is 1.83. The predicted molar refractivity (Wildman–Crippen MR) is 70.1 cm³/mol. The SMILES string of the molecule is O=C(O)CCCNC(=O)NCCCN1CCOCC1. The van der Waals surface area contributed by atoms with Crippen molar-refractivity contribution in [2.75, 3.05) is 45.9 Å².